The zero-order valence-corrected chi connectivity index (χ0v) is 17.6. The molecule has 1 atom stereocenters. The summed E-state index contributed by atoms with van der Waals surface area (Å²) >= 11 is 0. The molecule has 0 bridgehead atoms. The van der Waals surface area contributed by atoms with Crippen LogP contribution in [0.4, 0.5) is 18.0 Å². The van der Waals surface area contributed by atoms with Crippen molar-refractivity contribution in [3.63, 3.8) is 0 Å². The number of hydrogen-bond donors (Lipinski definition) is 0. The van der Waals surface area contributed by atoms with Crippen molar-refractivity contribution in [3.05, 3.63) is 107 Å². The molecule has 1 heterocycles. The Labute approximate surface area is 188 Å². The van der Waals surface area contributed by atoms with Crippen LogP contribution in [0.2, 0.25) is 0 Å². The molecule has 1 amide bonds. The summed E-state index contributed by atoms with van der Waals surface area (Å²) in [5.41, 5.74) is -1.53. The van der Waals surface area contributed by atoms with Crippen molar-refractivity contribution in [2.24, 2.45) is 0 Å². The number of esters is 1. The minimum absolute atomic E-state index is 0.0150. The van der Waals surface area contributed by atoms with Crippen LogP contribution in [-0.2, 0) is 19.9 Å². The molecule has 33 heavy (non-hydrogen) atoms. The van der Waals surface area contributed by atoms with Gasteiger partial charge in [0.05, 0.1) is 6.61 Å². The van der Waals surface area contributed by atoms with E-state index >= 15 is 4.39 Å². The molecule has 1 aliphatic heterocycles. The number of carbonyl (C=O) groups is 2. The first-order valence-corrected chi connectivity index (χ1v) is 10.3. The van der Waals surface area contributed by atoms with Crippen LogP contribution in [0.25, 0.3) is 0 Å². The third-order valence-corrected chi connectivity index (χ3v) is 5.49. The normalized spacial score (nSPS) is 17.0. The minimum atomic E-state index is -1.85. The van der Waals surface area contributed by atoms with E-state index in [0.717, 1.165) is 17.0 Å². The van der Waals surface area contributed by atoms with Crippen molar-refractivity contribution in [3.8, 4) is 0 Å². The topological polar surface area (TPSA) is 55.8 Å². The number of carbonyl (C=O) groups excluding carboxylic acids is 2. The molecule has 0 N–H and O–H groups in total. The van der Waals surface area contributed by atoms with E-state index in [1.807, 2.05) is 0 Å². The maximum absolute atomic E-state index is 15.1. The molecule has 3 aromatic rings. The second-order valence-electron chi connectivity index (χ2n) is 7.48. The van der Waals surface area contributed by atoms with Gasteiger partial charge in [-0.3, -0.25) is 9.69 Å². The fraction of sp³-hybridized carbons (Fsp3) is 0.200. The van der Waals surface area contributed by atoms with Gasteiger partial charge in [0.15, 0.2) is 5.60 Å². The standard InChI is InChI=1S/C25H20F3NO4/c1-2-32-22(30)15-29-23(20-11-3-4-12-21(20)28)25(33-24(29)31,16-7-5-9-18(26)13-16)17-8-6-10-19(27)14-17/h3-14,23H,2,15H2,1H3. The summed E-state index contributed by atoms with van der Waals surface area (Å²) in [7, 11) is 0. The molecular formula is C25H20F3NO4. The Morgan fingerprint density at radius 1 is 0.970 bits per heavy atom. The molecule has 5 nitrogen and oxygen atoms in total. The fourth-order valence-corrected chi connectivity index (χ4v) is 4.20. The van der Waals surface area contributed by atoms with Gasteiger partial charge in [-0.25, -0.2) is 18.0 Å². The smallest absolute Gasteiger partial charge is 0.412 e. The highest BCUT2D eigenvalue weighted by Gasteiger charge is 2.58. The van der Waals surface area contributed by atoms with E-state index in [2.05, 4.69) is 0 Å². The maximum Gasteiger partial charge on any atom is 0.412 e. The molecule has 3 aromatic carbocycles. The van der Waals surface area contributed by atoms with Gasteiger partial charge in [-0.1, -0.05) is 42.5 Å². The summed E-state index contributed by atoms with van der Waals surface area (Å²) in [6.45, 7) is 1.14. The molecule has 4 rings (SSSR count). The molecule has 170 valence electrons. The number of nitrogens with zero attached hydrogens (tertiary/aromatic N) is 1. The van der Waals surface area contributed by atoms with E-state index in [-0.39, 0.29) is 23.3 Å². The number of hydrogen-bond acceptors (Lipinski definition) is 4. The Morgan fingerprint density at radius 2 is 1.58 bits per heavy atom. The van der Waals surface area contributed by atoms with Crippen molar-refractivity contribution < 1.29 is 32.2 Å². The van der Waals surface area contributed by atoms with Crippen LogP contribution in [0.5, 0.6) is 0 Å². The molecule has 0 aliphatic carbocycles. The molecule has 0 saturated carbocycles. The summed E-state index contributed by atoms with van der Waals surface area (Å²) in [6.07, 6.45) is -0.954. The molecule has 0 aromatic heterocycles. The molecule has 1 saturated heterocycles. The van der Waals surface area contributed by atoms with Crippen molar-refractivity contribution in [2.45, 2.75) is 18.6 Å². The van der Waals surface area contributed by atoms with Crippen molar-refractivity contribution in [2.75, 3.05) is 13.2 Å². The van der Waals surface area contributed by atoms with Gasteiger partial charge >= 0.3 is 12.1 Å². The first-order valence-electron chi connectivity index (χ1n) is 10.3. The second kappa shape index (κ2) is 8.97. The lowest BCUT2D eigenvalue weighted by Crippen LogP contribution is -2.40. The van der Waals surface area contributed by atoms with Gasteiger partial charge in [0.2, 0.25) is 0 Å². The van der Waals surface area contributed by atoms with Crippen molar-refractivity contribution >= 4 is 12.1 Å². The predicted molar refractivity (Wildman–Crippen MR) is 113 cm³/mol. The highest BCUT2D eigenvalue weighted by molar-refractivity contribution is 5.81. The van der Waals surface area contributed by atoms with Gasteiger partial charge in [0.25, 0.3) is 0 Å². The summed E-state index contributed by atoms with van der Waals surface area (Å²) in [5.74, 6) is -2.66. The maximum atomic E-state index is 15.1. The van der Waals surface area contributed by atoms with Crippen LogP contribution < -0.4 is 0 Å². The van der Waals surface area contributed by atoms with E-state index < -0.39 is 47.7 Å². The van der Waals surface area contributed by atoms with Crippen LogP contribution in [0.1, 0.15) is 29.7 Å². The first-order chi connectivity index (χ1) is 15.9. The van der Waals surface area contributed by atoms with Crippen LogP contribution in [0.3, 0.4) is 0 Å². The third kappa shape index (κ3) is 4.04. The average molecular weight is 455 g/mol. The Hall–Kier alpha value is -3.81. The molecule has 0 radical (unpaired) electrons. The third-order valence-electron chi connectivity index (χ3n) is 5.49. The molecule has 1 unspecified atom stereocenters. The van der Waals surface area contributed by atoms with E-state index in [1.165, 1.54) is 54.6 Å². The summed E-state index contributed by atoms with van der Waals surface area (Å²) in [5, 5.41) is 0. The van der Waals surface area contributed by atoms with Gasteiger partial charge in [-0.05, 0) is 37.3 Å². The van der Waals surface area contributed by atoms with Gasteiger partial charge in [0, 0.05) is 16.7 Å². The second-order valence-corrected chi connectivity index (χ2v) is 7.48. The predicted octanol–water partition coefficient (Wildman–Crippen LogP) is 5.10. The van der Waals surface area contributed by atoms with Crippen LogP contribution in [-0.4, -0.2) is 30.1 Å². The largest absolute Gasteiger partial charge is 0.465 e. The van der Waals surface area contributed by atoms with E-state index in [0.29, 0.717) is 0 Å². The molecule has 1 aliphatic rings. The highest BCUT2D eigenvalue weighted by Crippen LogP contribution is 2.53. The zero-order chi connectivity index (χ0) is 23.6. The molecule has 8 heteroatoms. The Balaban J connectivity index is 2.01. The molecule has 1 fully saturated rings. The lowest BCUT2D eigenvalue weighted by atomic mass is 9.77. The lowest BCUT2D eigenvalue weighted by molar-refractivity contribution is -0.144. The SMILES string of the molecule is CCOC(=O)CN1C(=O)OC(c2cccc(F)c2)(c2cccc(F)c2)C1c1ccccc1F. The number of amides is 1. The summed E-state index contributed by atoms with van der Waals surface area (Å²) < 4.78 is 54.6. The van der Waals surface area contributed by atoms with Crippen LogP contribution >= 0.6 is 0 Å². The minimum Gasteiger partial charge on any atom is -0.465 e. The van der Waals surface area contributed by atoms with E-state index in [4.69, 9.17) is 9.47 Å². The number of benzene rings is 3. The Kier molecular flexibility index (Phi) is 6.09. The first kappa shape index (κ1) is 22.4. The lowest BCUT2D eigenvalue weighted by Gasteiger charge is -2.36. The van der Waals surface area contributed by atoms with Gasteiger partial charge < -0.3 is 9.47 Å². The number of rotatable bonds is 6. The van der Waals surface area contributed by atoms with Crippen LogP contribution in [0, 0.1) is 17.5 Å². The summed E-state index contributed by atoms with van der Waals surface area (Å²) in [4.78, 5) is 26.5. The number of halogens is 3. The zero-order valence-electron chi connectivity index (χ0n) is 17.6. The quantitative estimate of drug-likeness (QED) is 0.485. The average Bonchev–Trinajstić information content (AvgIpc) is 3.07. The van der Waals surface area contributed by atoms with Gasteiger partial charge in [0.1, 0.15) is 30.0 Å². The van der Waals surface area contributed by atoms with Gasteiger partial charge in [-0.15, -0.1) is 0 Å². The number of cyclic esters (lactones) is 1. The van der Waals surface area contributed by atoms with E-state index in [1.54, 1.807) is 13.0 Å². The molecular weight excluding hydrogens is 435 g/mol. The Morgan fingerprint density at radius 3 is 2.12 bits per heavy atom. The molecule has 0 spiro atoms. The highest BCUT2D eigenvalue weighted by atomic mass is 19.1. The van der Waals surface area contributed by atoms with Crippen LogP contribution in [0.15, 0.2) is 72.8 Å². The van der Waals surface area contributed by atoms with E-state index in [9.17, 15) is 18.4 Å². The summed E-state index contributed by atoms with van der Waals surface area (Å²) in [6, 6.07) is 14.9. The van der Waals surface area contributed by atoms with Gasteiger partial charge in [-0.2, -0.15) is 0 Å². The fourth-order valence-electron chi connectivity index (χ4n) is 4.20. The Bertz CT molecular complexity index is 1150. The monoisotopic (exact) mass is 455 g/mol. The number of ether oxygens (including phenoxy) is 2. The van der Waals surface area contributed by atoms with Crippen molar-refractivity contribution in [1.82, 2.24) is 4.90 Å². The van der Waals surface area contributed by atoms with Crippen molar-refractivity contribution in [1.29, 1.82) is 0 Å².